The smallest absolute Gasteiger partial charge is 0.326 e. The molecule has 0 aromatic heterocycles. The van der Waals surface area contributed by atoms with Crippen molar-refractivity contribution in [3.63, 3.8) is 0 Å². The molecule has 4 aromatic rings. The molecule has 0 aliphatic rings. The Labute approximate surface area is 225 Å². The zero-order valence-corrected chi connectivity index (χ0v) is 21.1. The molecule has 7 nitrogen and oxygen atoms in total. The molecule has 0 saturated carbocycles. The average molecular weight is 533 g/mol. The second-order valence-corrected chi connectivity index (χ2v) is 8.65. The number of ether oxygens (including phenoxy) is 1. The van der Waals surface area contributed by atoms with Gasteiger partial charge in [-0.15, -0.1) is 0 Å². The van der Waals surface area contributed by atoms with Crippen molar-refractivity contribution in [2.45, 2.75) is 6.42 Å². The minimum Gasteiger partial charge on any atom is -0.457 e. The van der Waals surface area contributed by atoms with Gasteiger partial charge >= 0.3 is 12.1 Å². The Bertz CT molecular complexity index is 1350. The number of hydrogen-bond donors (Lipinski definition) is 3. The number of rotatable bonds is 9. The third-order valence-electron chi connectivity index (χ3n) is 5.43. The Kier molecular flexibility index (Phi) is 9.15. The molecule has 194 valence electrons. The number of carbonyl (C=O) groups is 2. The number of nitrogens with one attached hydrogen (secondary N) is 3. The first kappa shape index (κ1) is 26.5. The second-order valence-electron chi connectivity index (χ2n) is 8.21. The van der Waals surface area contributed by atoms with Crippen molar-refractivity contribution in [3.8, 4) is 11.5 Å². The summed E-state index contributed by atoms with van der Waals surface area (Å²) in [5.74, 6) is 0.764. The number of anilines is 3. The summed E-state index contributed by atoms with van der Waals surface area (Å²) in [7, 11) is 0. The zero-order chi connectivity index (χ0) is 26.7. The van der Waals surface area contributed by atoms with Gasteiger partial charge in [0.05, 0.1) is 5.69 Å². The summed E-state index contributed by atoms with van der Waals surface area (Å²) in [6.45, 7) is 0.568. The van der Waals surface area contributed by atoms with Crippen molar-refractivity contribution < 1.29 is 18.7 Å². The molecule has 0 unspecified atom stereocenters. The molecule has 4 amide bonds. The fourth-order valence-electron chi connectivity index (χ4n) is 3.56. The van der Waals surface area contributed by atoms with E-state index in [1.165, 1.54) is 17.0 Å². The standard InChI is InChI=1S/C29H26ClFN4O3/c30-21-11-13-22(14-12-21)33-28(36)32-19-6-20-35(29(37)34-27-10-5-4-9-26(27)31)23-15-17-25(18-16-23)38-24-7-2-1-3-8-24/h1-5,7-18H,6,19-20H2,(H,34,37)(H2,32,33,36). The van der Waals surface area contributed by atoms with E-state index < -0.39 is 11.8 Å². The Morgan fingerprint density at radius 2 is 1.45 bits per heavy atom. The average Bonchev–Trinajstić information content (AvgIpc) is 2.92. The van der Waals surface area contributed by atoms with Crippen molar-refractivity contribution in [2.75, 3.05) is 28.6 Å². The summed E-state index contributed by atoms with van der Waals surface area (Å²) in [6.07, 6.45) is 0.445. The van der Waals surface area contributed by atoms with Gasteiger partial charge in [0, 0.05) is 29.5 Å². The topological polar surface area (TPSA) is 82.7 Å². The van der Waals surface area contributed by atoms with Gasteiger partial charge in [0.25, 0.3) is 0 Å². The minimum absolute atomic E-state index is 0.0759. The summed E-state index contributed by atoms with van der Waals surface area (Å²) in [5, 5.41) is 8.68. The van der Waals surface area contributed by atoms with Gasteiger partial charge in [0.2, 0.25) is 0 Å². The van der Waals surface area contributed by atoms with Crippen LogP contribution in [0.1, 0.15) is 6.42 Å². The van der Waals surface area contributed by atoms with E-state index in [1.54, 1.807) is 60.7 Å². The van der Waals surface area contributed by atoms with Gasteiger partial charge in [-0.1, -0.05) is 41.9 Å². The molecular formula is C29H26ClFN4O3. The second kappa shape index (κ2) is 13.1. The SMILES string of the molecule is O=C(NCCCN(C(=O)Nc1ccccc1F)c1ccc(Oc2ccccc2)cc1)Nc1ccc(Cl)cc1. The first-order chi connectivity index (χ1) is 18.5. The fourth-order valence-corrected chi connectivity index (χ4v) is 3.69. The number of urea groups is 2. The lowest BCUT2D eigenvalue weighted by molar-refractivity contribution is 0.252. The lowest BCUT2D eigenvalue weighted by atomic mass is 10.2. The molecule has 0 radical (unpaired) electrons. The summed E-state index contributed by atoms with van der Waals surface area (Å²) < 4.78 is 20.0. The Morgan fingerprint density at radius 1 is 0.789 bits per heavy atom. The maximum Gasteiger partial charge on any atom is 0.326 e. The summed E-state index contributed by atoms with van der Waals surface area (Å²) in [6, 6.07) is 28.2. The molecule has 9 heteroatoms. The van der Waals surface area contributed by atoms with Crippen LogP contribution in [0, 0.1) is 5.82 Å². The monoisotopic (exact) mass is 532 g/mol. The van der Waals surface area contributed by atoms with E-state index in [0.717, 1.165) is 0 Å². The molecule has 3 N–H and O–H groups in total. The van der Waals surface area contributed by atoms with Crippen LogP contribution >= 0.6 is 11.6 Å². The number of halogens is 2. The largest absolute Gasteiger partial charge is 0.457 e. The molecular weight excluding hydrogens is 507 g/mol. The number of benzene rings is 4. The molecule has 0 atom stereocenters. The highest BCUT2D eigenvalue weighted by Crippen LogP contribution is 2.25. The van der Waals surface area contributed by atoms with Crippen molar-refractivity contribution in [2.24, 2.45) is 0 Å². The third kappa shape index (κ3) is 7.72. The molecule has 4 rings (SSSR count). The van der Waals surface area contributed by atoms with Crippen molar-refractivity contribution >= 4 is 40.7 Å². The zero-order valence-electron chi connectivity index (χ0n) is 20.4. The van der Waals surface area contributed by atoms with E-state index in [1.807, 2.05) is 30.3 Å². The predicted octanol–water partition coefficient (Wildman–Crippen LogP) is 7.52. The van der Waals surface area contributed by atoms with Gasteiger partial charge in [-0.05, 0) is 79.2 Å². The van der Waals surface area contributed by atoms with Gasteiger partial charge in [0.1, 0.15) is 17.3 Å². The van der Waals surface area contributed by atoms with Crippen LogP contribution in [0.5, 0.6) is 11.5 Å². The van der Waals surface area contributed by atoms with Gasteiger partial charge in [-0.3, -0.25) is 4.90 Å². The highest BCUT2D eigenvalue weighted by Gasteiger charge is 2.17. The van der Waals surface area contributed by atoms with Crippen LogP contribution in [0.4, 0.5) is 31.0 Å². The maximum absolute atomic E-state index is 14.2. The predicted molar refractivity (Wildman–Crippen MR) is 149 cm³/mol. The number of carbonyl (C=O) groups excluding carboxylic acids is 2. The number of amides is 4. The lowest BCUT2D eigenvalue weighted by Gasteiger charge is -2.24. The summed E-state index contributed by atoms with van der Waals surface area (Å²) in [5.41, 5.74) is 1.27. The number of nitrogens with zero attached hydrogens (tertiary/aromatic N) is 1. The molecule has 0 aliphatic carbocycles. The minimum atomic E-state index is -0.534. The molecule has 0 saturated heterocycles. The van der Waals surface area contributed by atoms with E-state index in [-0.39, 0.29) is 18.3 Å². The molecule has 0 spiro atoms. The number of para-hydroxylation sites is 2. The molecule has 0 fully saturated rings. The van der Waals surface area contributed by atoms with Gasteiger partial charge in [-0.2, -0.15) is 0 Å². The first-order valence-corrected chi connectivity index (χ1v) is 12.3. The highest BCUT2D eigenvalue weighted by atomic mass is 35.5. The van der Waals surface area contributed by atoms with E-state index in [4.69, 9.17) is 16.3 Å². The van der Waals surface area contributed by atoms with Crippen molar-refractivity contribution in [1.29, 1.82) is 0 Å². The quantitative estimate of drug-likeness (QED) is 0.195. The van der Waals surface area contributed by atoms with Gasteiger partial charge in [-0.25, -0.2) is 14.0 Å². The third-order valence-corrected chi connectivity index (χ3v) is 5.69. The van der Waals surface area contributed by atoms with Crippen molar-refractivity contribution in [3.05, 3.63) is 114 Å². The molecule has 0 bridgehead atoms. The number of hydrogen-bond acceptors (Lipinski definition) is 3. The molecule has 0 aliphatic heterocycles. The van der Waals surface area contributed by atoms with Crippen LogP contribution in [0.25, 0.3) is 0 Å². The van der Waals surface area contributed by atoms with E-state index in [9.17, 15) is 14.0 Å². The van der Waals surface area contributed by atoms with Crippen molar-refractivity contribution in [1.82, 2.24) is 5.32 Å². The van der Waals surface area contributed by atoms with E-state index in [2.05, 4.69) is 16.0 Å². The normalized spacial score (nSPS) is 10.4. The Balaban J connectivity index is 1.39. The lowest BCUT2D eigenvalue weighted by Crippen LogP contribution is -2.38. The van der Waals surface area contributed by atoms with Crippen LogP contribution in [-0.2, 0) is 0 Å². The van der Waals surface area contributed by atoms with Crippen LogP contribution in [0.15, 0.2) is 103 Å². The fraction of sp³-hybridized carbons (Fsp3) is 0.103. The molecule has 4 aromatic carbocycles. The maximum atomic E-state index is 14.2. The summed E-state index contributed by atoms with van der Waals surface area (Å²) in [4.78, 5) is 26.8. The Morgan fingerprint density at radius 3 is 2.16 bits per heavy atom. The van der Waals surface area contributed by atoms with Gasteiger partial charge < -0.3 is 20.7 Å². The van der Waals surface area contributed by atoms with Crippen LogP contribution in [0.3, 0.4) is 0 Å². The van der Waals surface area contributed by atoms with Crippen LogP contribution in [-0.4, -0.2) is 25.2 Å². The molecule has 38 heavy (non-hydrogen) atoms. The highest BCUT2D eigenvalue weighted by molar-refractivity contribution is 6.30. The first-order valence-electron chi connectivity index (χ1n) is 11.9. The van der Waals surface area contributed by atoms with E-state index >= 15 is 0 Å². The van der Waals surface area contributed by atoms with E-state index in [0.29, 0.717) is 40.9 Å². The Hall–Kier alpha value is -4.56. The van der Waals surface area contributed by atoms with Crippen LogP contribution < -0.4 is 25.6 Å². The van der Waals surface area contributed by atoms with Crippen LogP contribution in [0.2, 0.25) is 5.02 Å². The molecule has 0 heterocycles. The summed E-state index contributed by atoms with van der Waals surface area (Å²) >= 11 is 5.87. The van der Waals surface area contributed by atoms with Gasteiger partial charge in [0.15, 0.2) is 0 Å².